The van der Waals surface area contributed by atoms with Crippen LogP contribution in [0.4, 0.5) is 0 Å². The topological polar surface area (TPSA) is 99.1 Å². The molecule has 1 aliphatic heterocycles. The second-order valence-electron chi connectivity index (χ2n) is 4.53. The van der Waals surface area contributed by atoms with Gasteiger partial charge in [0.15, 0.2) is 11.7 Å². The van der Waals surface area contributed by atoms with Crippen molar-refractivity contribution in [1.29, 1.82) is 0 Å². The third-order valence-electron chi connectivity index (χ3n) is 2.89. The van der Waals surface area contributed by atoms with Crippen LogP contribution in [0.15, 0.2) is 0 Å². The van der Waals surface area contributed by atoms with E-state index in [4.69, 9.17) is 25.8 Å². The minimum Gasteiger partial charge on any atom is -0.463 e. The summed E-state index contributed by atoms with van der Waals surface area (Å²) in [6.45, 7) is 3.41. The molecule has 0 amide bonds. The van der Waals surface area contributed by atoms with Gasteiger partial charge >= 0.3 is 11.9 Å². The number of carbonyl (C=O) groups is 3. The van der Waals surface area contributed by atoms with E-state index in [1.807, 2.05) is 0 Å². The van der Waals surface area contributed by atoms with Gasteiger partial charge in [-0.05, 0) is 6.92 Å². The number of esters is 2. The molecule has 0 saturated carbocycles. The molecule has 8 heteroatoms. The minimum absolute atomic E-state index is 0.216. The van der Waals surface area contributed by atoms with Crippen LogP contribution < -0.4 is 0 Å². The van der Waals surface area contributed by atoms with Crippen LogP contribution in [0.3, 0.4) is 0 Å². The average Bonchev–Trinajstić information content (AvgIpc) is 2.30. The molecule has 0 aromatic heterocycles. The standard InChI is InChI=1S/C12H17ClO7/c1-5(14)9-8(4-18-6(2)15)20-12(13)11(10(9)17)19-7(3)16/h8-12,17H,4H2,1-3H3. The number of aliphatic hydroxyl groups excluding tert-OH is 1. The van der Waals surface area contributed by atoms with E-state index in [2.05, 4.69) is 0 Å². The molecule has 0 aromatic rings. The highest BCUT2D eigenvalue weighted by molar-refractivity contribution is 6.20. The van der Waals surface area contributed by atoms with Crippen molar-refractivity contribution in [2.24, 2.45) is 5.92 Å². The lowest BCUT2D eigenvalue weighted by molar-refractivity contribution is -0.206. The smallest absolute Gasteiger partial charge is 0.303 e. The number of hydrogen-bond acceptors (Lipinski definition) is 7. The number of ether oxygens (including phenoxy) is 3. The number of ketones is 1. The number of halogens is 1. The molecular weight excluding hydrogens is 292 g/mol. The maximum Gasteiger partial charge on any atom is 0.303 e. The highest BCUT2D eigenvalue weighted by atomic mass is 35.5. The van der Waals surface area contributed by atoms with Gasteiger partial charge in [0.05, 0.1) is 5.92 Å². The highest BCUT2D eigenvalue weighted by Gasteiger charge is 2.48. The maximum atomic E-state index is 11.6. The van der Waals surface area contributed by atoms with Crippen molar-refractivity contribution in [2.75, 3.05) is 6.61 Å². The predicted octanol–water partition coefficient (Wildman–Crippen LogP) is 0.0110. The Morgan fingerprint density at radius 1 is 1.20 bits per heavy atom. The van der Waals surface area contributed by atoms with Crippen molar-refractivity contribution < 1.29 is 33.7 Å². The first-order valence-electron chi connectivity index (χ1n) is 6.02. The summed E-state index contributed by atoms with van der Waals surface area (Å²) in [5, 5.41) is 10.2. The second-order valence-corrected chi connectivity index (χ2v) is 4.96. The number of alkyl halides is 1. The van der Waals surface area contributed by atoms with Crippen molar-refractivity contribution in [1.82, 2.24) is 0 Å². The van der Waals surface area contributed by atoms with Gasteiger partial charge in [-0.3, -0.25) is 14.4 Å². The van der Waals surface area contributed by atoms with Gasteiger partial charge in [0, 0.05) is 13.8 Å². The Kier molecular flexibility index (Phi) is 5.91. The van der Waals surface area contributed by atoms with Crippen LogP contribution in [0.5, 0.6) is 0 Å². The molecule has 0 aliphatic carbocycles. The lowest BCUT2D eigenvalue weighted by Crippen LogP contribution is -2.57. The molecule has 1 fully saturated rings. The van der Waals surface area contributed by atoms with Gasteiger partial charge in [-0.15, -0.1) is 0 Å². The number of Topliss-reactive ketones (excluding diaryl/α,β-unsaturated/α-hetero) is 1. The lowest BCUT2D eigenvalue weighted by atomic mass is 9.87. The van der Waals surface area contributed by atoms with E-state index in [9.17, 15) is 19.5 Å². The van der Waals surface area contributed by atoms with Gasteiger partial charge < -0.3 is 19.3 Å². The van der Waals surface area contributed by atoms with Crippen LogP contribution >= 0.6 is 11.6 Å². The van der Waals surface area contributed by atoms with E-state index in [0.29, 0.717) is 0 Å². The normalized spacial score (nSPS) is 33.4. The summed E-state index contributed by atoms with van der Waals surface area (Å²) < 4.78 is 15.0. The fraction of sp³-hybridized carbons (Fsp3) is 0.750. The predicted molar refractivity (Wildman–Crippen MR) is 66.9 cm³/mol. The molecule has 114 valence electrons. The number of rotatable bonds is 4. The van der Waals surface area contributed by atoms with Crippen molar-refractivity contribution >= 4 is 29.3 Å². The van der Waals surface area contributed by atoms with Gasteiger partial charge in [0.25, 0.3) is 0 Å². The molecule has 1 rings (SSSR count). The Bertz CT molecular complexity index is 395. The summed E-state index contributed by atoms with van der Waals surface area (Å²) in [7, 11) is 0. The third-order valence-corrected chi connectivity index (χ3v) is 3.24. The Morgan fingerprint density at radius 2 is 1.80 bits per heavy atom. The summed E-state index contributed by atoms with van der Waals surface area (Å²) in [5.41, 5.74) is -1.13. The monoisotopic (exact) mass is 308 g/mol. The van der Waals surface area contributed by atoms with Crippen LogP contribution in [0.25, 0.3) is 0 Å². The average molecular weight is 309 g/mol. The van der Waals surface area contributed by atoms with E-state index in [1.165, 1.54) is 13.8 Å². The first-order chi connectivity index (χ1) is 9.23. The molecule has 0 radical (unpaired) electrons. The first kappa shape index (κ1) is 16.9. The summed E-state index contributed by atoms with van der Waals surface area (Å²) >= 11 is 5.89. The number of carbonyl (C=O) groups excluding carboxylic acids is 3. The van der Waals surface area contributed by atoms with Crippen molar-refractivity contribution in [3.8, 4) is 0 Å². The molecule has 0 bridgehead atoms. The van der Waals surface area contributed by atoms with Crippen LogP contribution in [0, 0.1) is 5.92 Å². The Morgan fingerprint density at radius 3 is 2.25 bits per heavy atom. The molecule has 1 heterocycles. The molecule has 20 heavy (non-hydrogen) atoms. The zero-order chi connectivity index (χ0) is 15.4. The van der Waals surface area contributed by atoms with E-state index in [-0.39, 0.29) is 12.4 Å². The number of aliphatic hydroxyl groups is 1. The van der Waals surface area contributed by atoms with E-state index >= 15 is 0 Å². The first-order valence-corrected chi connectivity index (χ1v) is 6.46. The largest absolute Gasteiger partial charge is 0.463 e. The fourth-order valence-corrected chi connectivity index (χ4v) is 2.40. The zero-order valence-electron chi connectivity index (χ0n) is 11.4. The highest BCUT2D eigenvalue weighted by Crippen LogP contribution is 2.31. The second kappa shape index (κ2) is 7.01. The Balaban J connectivity index is 2.87. The van der Waals surface area contributed by atoms with Crippen molar-refractivity contribution in [3.63, 3.8) is 0 Å². The van der Waals surface area contributed by atoms with Crippen molar-refractivity contribution in [3.05, 3.63) is 0 Å². The van der Waals surface area contributed by atoms with Gasteiger partial charge in [-0.2, -0.15) is 0 Å². The maximum absolute atomic E-state index is 11.6. The van der Waals surface area contributed by atoms with E-state index in [1.54, 1.807) is 0 Å². The SMILES string of the molecule is CC(=O)OCC1OC(Cl)C(OC(C)=O)C(O)C1C(C)=O. The minimum atomic E-state index is -1.33. The molecule has 1 N–H and O–H groups in total. The van der Waals surface area contributed by atoms with Crippen molar-refractivity contribution in [2.45, 2.75) is 44.6 Å². The number of hydrogen-bond donors (Lipinski definition) is 1. The Labute approximate surface area is 121 Å². The summed E-state index contributed by atoms with van der Waals surface area (Å²) in [5.74, 6) is -2.56. The van der Waals surface area contributed by atoms with E-state index in [0.717, 1.165) is 6.92 Å². The van der Waals surface area contributed by atoms with Gasteiger partial charge in [0.1, 0.15) is 24.6 Å². The molecule has 5 unspecified atom stereocenters. The summed E-state index contributed by atoms with van der Waals surface area (Å²) in [6.07, 6.45) is -3.37. The van der Waals surface area contributed by atoms with Gasteiger partial charge in [0.2, 0.25) is 0 Å². The van der Waals surface area contributed by atoms with Gasteiger partial charge in [-0.1, -0.05) is 11.6 Å². The Hall–Kier alpha value is -1.18. The molecule has 0 aromatic carbocycles. The van der Waals surface area contributed by atoms with Crippen LogP contribution in [0.2, 0.25) is 0 Å². The molecular formula is C12H17ClO7. The molecule has 5 atom stereocenters. The zero-order valence-corrected chi connectivity index (χ0v) is 12.1. The fourth-order valence-electron chi connectivity index (χ4n) is 2.07. The summed E-state index contributed by atoms with van der Waals surface area (Å²) in [6, 6.07) is 0. The van der Waals surface area contributed by atoms with Crippen LogP contribution in [-0.2, 0) is 28.6 Å². The third kappa shape index (κ3) is 4.16. The summed E-state index contributed by atoms with van der Waals surface area (Å²) in [4.78, 5) is 33.4. The molecule has 1 aliphatic rings. The molecule has 0 spiro atoms. The van der Waals surface area contributed by atoms with Crippen LogP contribution in [-0.4, -0.2) is 53.3 Å². The molecule has 7 nitrogen and oxygen atoms in total. The quantitative estimate of drug-likeness (QED) is 0.577. The van der Waals surface area contributed by atoms with Gasteiger partial charge in [-0.25, -0.2) is 0 Å². The van der Waals surface area contributed by atoms with Crippen LogP contribution in [0.1, 0.15) is 20.8 Å². The molecule has 1 saturated heterocycles. The lowest BCUT2D eigenvalue weighted by Gasteiger charge is -2.40. The van der Waals surface area contributed by atoms with E-state index < -0.39 is 41.7 Å².